The van der Waals surface area contributed by atoms with Gasteiger partial charge in [0.2, 0.25) is 0 Å². The Morgan fingerprint density at radius 2 is 1.74 bits per heavy atom. The zero-order valence-corrected chi connectivity index (χ0v) is 16.8. The second kappa shape index (κ2) is 8.91. The Labute approximate surface area is 167 Å². The van der Waals surface area contributed by atoms with Crippen molar-refractivity contribution >= 4 is 21.6 Å². The molecule has 0 atom stereocenters. The molecule has 0 radical (unpaired) electrons. The molecule has 0 aliphatic rings. The Morgan fingerprint density at radius 3 is 2.44 bits per heavy atom. The second-order valence-electron chi connectivity index (χ2n) is 6.16. The van der Waals surface area contributed by atoms with Crippen molar-refractivity contribution in [2.24, 2.45) is 0 Å². The average molecular weight is 430 g/mol. The topological polar surface area (TPSA) is 30.5 Å². The van der Waals surface area contributed by atoms with E-state index in [1.165, 1.54) is 11.6 Å². The first kappa shape index (κ1) is 19.2. The molecule has 0 fully saturated rings. The highest BCUT2D eigenvalue weighted by atomic mass is 79.9. The average Bonchev–Trinajstić information content (AvgIpc) is 2.68. The number of ether oxygens (including phenoxy) is 2. The molecule has 27 heavy (non-hydrogen) atoms. The number of methoxy groups -OCH3 is 1. The van der Waals surface area contributed by atoms with Crippen molar-refractivity contribution < 1.29 is 13.9 Å². The summed E-state index contributed by atoms with van der Waals surface area (Å²) in [6, 6.07) is 18.5. The highest BCUT2D eigenvalue weighted by Crippen LogP contribution is 2.37. The molecule has 3 nitrogen and oxygen atoms in total. The van der Waals surface area contributed by atoms with Crippen LogP contribution in [0.15, 0.2) is 65.1 Å². The van der Waals surface area contributed by atoms with Crippen LogP contribution in [0.1, 0.15) is 16.7 Å². The van der Waals surface area contributed by atoms with Gasteiger partial charge in [-0.1, -0.05) is 51.8 Å². The summed E-state index contributed by atoms with van der Waals surface area (Å²) in [5, 5.41) is 3.39. The van der Waals surface area contributed by atoms with Crippen molar-refractivity contribution in [2.75, 3.05) is 12.4 Å². The van der Waals surface area contributed by atoms with Crippen LogP contribution in [0, 0.1) is 12.7 Å². The van der Waals surface area contributed by atoms with Crippen LogP contribution in [0.25, 0.3) is 0 Å². The lowest BCUT2D eigenvalue weighted by Gasteiger charge is -2.18. The van der Waals surface area contributed by atoms with E-state index in [9.17, 15) is 4.39 Å². The fourth-order valence-corrected chi connectivity index (χ4v) is 3.15. The molecule has 0 spiro atoms. The first-order chi connectivity index (χ1) is 13.1. The predicted molar refractivity (Wildman–Crippen MR) is 110 cm³/mol. The van der Waals surface area contributed by atoms with Gasteiger partial charge in [0.15, 0.2) is 11.5 Å². The number of anilines is 1. The molecular formula is C22H21BrFNO2. The standard InChI is InChI=1S/C22H21BrFNO2/c1-15-7-9-17(10-8-15)25-13-18-19(23)11-12-21(26-2)22(18)27-14-16-5-3-4-6-20(16)24/h3-12,25H,13-14H2,1-2H3. The van der Waals surface area contributed by atoms with Crippen molar-refractivity contribution in [2.45, 2.75) is 20.1 Å². The largest absolute Gasteiger partial charge is 0.493 e. The third-order valence-electron chi connectivity index (χ3n) is 4.24. The molecule has 0 saturated carbocycles. The van der Waals surface area contributed by atoms with Gasteiger partial charge in [-0.15, -0.1) is 0 Å². The Kier molecular flexibility index (Phi) is 6.35. The number of benzene rings is 3. The van der Waals surface area contributed by atoms with Gasteiger partial charge < -0.3 is 14.8 Å². The number of hydrogen-bond donors (Lipinski definition) is 1. The minimum absolute atomic E-state index is 0.122. The molecule has 3 aromatic carbocycles. The SMILES string of the molecule is COc1ccc(Br)c(CNc2ccc(C)cc2)c1OCc1ccccc1F. The van der Waals surface area contributed by atoms with Crippen LogP contribution in [0.3, 0.4) is 0 Å². The van der Waals surface area contributed by atoms with Crippen LogP contribution in [0.5, 0.6) is 11.5 Å². The van der Waals surface area contributed by atoms with Gasteiger partial charge in [-0.05, 0) is 37.3 Å². The molecule has 5 heteroatoms. The van der Waals surface area contributed by atoms with Crippen molar-refractivity contribution in [3.63, 3.8) is 0 Å². The maximum Gasteiger partial charge on any atom is 0.167 e. The van der Waals surface area contributed by atoms with E-state index >= 15 is 0 Å². The van der Waals surface area contributed by atoms with Gasteiger partial charge >= 0.3 is 0 Å². The van der Waals surface area contributed by atoms with Gasteiger partial charge in [-0.3, -0.25) is 0 Å². The maximum absolute atomic E-state index is 13.9. The Bertz CT molecular complexity index is 913. The lowest BCUT2D eigenvalue weighted by atomic mass is 10.1. The molecule has 0 bridgehead atoms. The van der Waals surface area contributed by atoms with Crippen LogP contribution >= 0.6 is 15.9 Å². The fraction of sp³-hybridized carbons (Fsp3) is 0.182. The van der Waals surface area contributed by atoms with E-state index in [0.29, 0.717) is 23.6 Å². The van der Waals surface area contributed by atoms with Crippen LogP contribution in [0.4, 0.5) is 10.1 Å². The summed E-state index contributed by atoms with van der Waals surface area (Å²) in [6.07, 6.45) is 0. The predicted octanol–water partition coefficient (Wildman–Crippen LogP) is 6.10. The van der Waals surface area contributed by atoms with E-state index in [1.807, 2.05) is 24.3 Å². The van der Waals surface area contributed by atoms with E-state index in [2.05, 4.69) is 40.3 Å². The molecule has 0 saturated heterocycles. The van der Waals surface area contributed by atoms with Gasteiger partial charge in [0.05, 0.1) is 7.11 Å². The lowest BCUT2D eigenvalue weighted by molar-refractivity contribution is 0.276. The molecule has 3 aromatic rings. The van der Waals surface area contributed by atoms with Crippen molar-refractivity contribution in [3.8, 4) is 11.5 Å². The highest BCUT2D eigenvalue weighted by Gasteiger charge is 2.15. The summed E-state index contributed by atoms with van der Waals surface area (Å²) in [7, 11) is 1.59. The Hall–Kier alpha value is -2.53. The second-order valence-corrected chi connectivity index (χ2v) is 7.01. The summed E-state index contributed by atoms with van der Waals surface area (Å²) < 4.78 is 26.3. The lowest BCUT2D eigenvalue weighted by Crippen LogP contribution is -2.07. The zero-order valence-electron chi connectivity index (χ0n) is 15.3. The van der Waals surface area contributed by atoms with Crippen LogP contribution in [-0.4, -0.2) is 7.11 Å². The van der Waals surface area contributed by atoms with E-state index in [0.717, 1.165) is 15.7 Å². The summed E-state index contributed by atoms with van der Waals surface area (Å²) in [5.74, 6) is 0.913. The van der Waals surface area contributed by atoms with Gasteiger partial charge in [-0.25, -0.2) is 4.39 Å². The fourth-order valence-electron chi connectivity index (χ4n) is 2.69. The molecule has 1 N–H and O–H groups in total. The first-order valence-electron chi connectivity index (χ1n) is 8.60. The number of halogens is 2. The molecule has 0 aliphatic heterocycles. The smallest absolute Gasteiger partial charge is 0.167 e. The van der Waals surface area contributed by atoms with E-state index < -0.39 is 0 Å². The Morgan fingerprint density at radius 1 is 1.00 bits per heavy atom. The van der Waals surface area contributed by atoms with E-state index in [1.54, 1.807) is 25.3 Å². The highest BCUT2D eigenvalue weighted by molar-refractivity contribution is 9.10. The zero-order chi connectivity index (χ0) is 19.2. The van der Waals surface area contributed by atoms with Crippen molar-refractivity contribution in [1.29, 1.82) is 0 Å². The summed E-state index contributed by atoms with van der Waals surface area (Å²) >= 11 is 3.59. The van der Waals surface area contributed by atoms with E-state index in [4.69, 9.17) is 9.47 Å². The summed E-state index contributed by atoms with van der Waals surface area (Å²) in [5.41, 5.74) is 3.62. The molecule has 140 valence electrons. The number of nitrogens with one attached hydrogen (secondary N) is 1. The number of aryl methyl sites for hydroxylation is 1. The van der Waals surface area contributed by atoms with Crippen LogP contribution in [0.2, 0.25) is 0 Å². The minimum atomic E-state index is -0.286. The molecule has 0 aliphatic carbocycles. The summed E-state index contributed by atoms with van der Waals surface area (Å²) in [6.45, 7) is 2.71. The Balaban J connectivity index is 1.83. The third-order valence-corrected chi connectivity index (χ3v) is 4.98. The first-order valence-corrected chi connectivity index (χ1v) is 9.40. The minimum Gasteiger partial charge on any atom is -0.493 e. The number of hydrogen-bond acceptors (Lipinski definition) is 3. The van der Waals surface area contributed by atoms with Crippen LogP contribution < -0.4 is 14.8 Å². The van der Waals surface area contributed by atoms with Gasteiger partial charge in [-0.2, -0.15) is 0 Å². The quantitative estimate of drug-likeness (QED) is 0.492. The van der Waals surface area contributed by atoms with Crippen LogP contribution in [-0.2, 0) is 13.2 Å². The molecule has 0 amide bonds. The normalized spacial score (nSPS) is 10.5. The van der Waals surface area contributed by atoms with Crippen molar-refractivity contribution in [1.82, 2.24) is 0 Å². The van der Waals surface area contributed by atoms with Gasteiger partial charge in [0, 0.05) is 27.8 Å². The molecule has 0 heterocycles. The third kappa shape index (κ3) is 4.80. The molecule has 3 rings (SSSR count). The summed E-state index contributed by atoms with van der Waals surface area (Å²) in [4.78, 5) is 0. The monoisotopic (exact) mass is 429 g/mol. The van der Waals surface area contributed by atoms with Crippen molar-refractivity contribution in [3.05, 3.63) is 87.6 Å². The molecular weight excluding hydrogens is 409 g/mol. The molecule has 0 aromatic heterocycles. The van der Waals surface area contributed by atoms with Gasteiger partial charge in [0.1, 0.15) is 12.4 Å². The molecule has 0 unspecified atom stereocenters. The van der Waals surface area contributed by atoms with E-state index in [-0.39, 0.29) is 12.4 Å². The van der Waals surface area contributed by atoms with Gasteiger partial charge in [0.25, 0.3) is 0 Å². The number of rotatable bonds is 7. The maximum atomic E-state index is 13.9.